The van der Waals surface area contributed by atoms with Crippen LogP contribution in [0.3, 0.4) is 0 Å². The molecule has 1 aromatic heterocycles. The van der Waals surface area contributed by atoms with Crippen molar-refractivity contribution in [3.05, 3.63) is 73.2 Å². The minimum absolute atomic E-state index is 0.244. The van der Waals surface area contributed by atoms with Crippen molar-refractivity contribution in [2.24, 2.45) is 5.92 Å². The van der Waals surface area contributed by atoms with Crippen molar-refractivity contribution in [1.82, 2.24) is 9.88 Å². The van der Waals surface area contributed by atoms with E-state index in [2.05, 4.69) is 10.3 Å². The van der Waals surface area contributed by atoms with E-state index in [4.69, 9.17) is 16.3 Å². The second-order valence-corrected chi connectivity index (χ2v) is 11.3. The highest BCUT2D eigenvalue weighted by molar-refractivity contribution is 8.00. The minimum atomic E-state index is -1.32. The van der Waals surface area contributed by atoms with Crippen LogP contribution in [-0.2, 0) is 19.2 Å². The fourth-order valence-electron chi connectivity index (χ4n) is 4.64. The molecule has 3 aromatic rings. The van der Waals surface area contributed by atoms with Crippen LogP contribution in [0.5, 0.6) is 5.75 Å². The summed E-state index contributed by atoms with van der Waals surface area (Å²) in [6, 6.07) is 12.0. The summed E-state index contributed by atoms with van der Waals surface area (Å²) in [5.41, 5.74) is 1.93. The van der Waals surface area contributed by atoms with Crippen molar-refractivity contribution < 1.29 is 29.0 Å². The normalized spacial score (nSPS) is 20.2. The number of ether oxygens (including phenoxy) is 1. The van der Waals surface area contributed by atoms with Gasteiger partial charge in [0, 0.05) is 27.1 Å². The topological polar surface area (TPSA) is 146 Å². The van der Waals surface area contributed by atoms with Gasteiger partial charge in [-0.05, 0) is 36.8 Å². The Labute approximate surface area is 228 Å². The number of carbonyl (C=O) groups is 4. The van der Waals surface area contributed by atoms with Gasteiger partial charge >= 0.3 is 10.8 Å². The maximum absolute atomic E-state index is 13.4. The van der Waals surface area contributed by atoms with E-state index in [-0.39, 0.29) is 17.2 Å². The number of anilines is 1. The van der Waals surface area contributed by atoms with E-state index in [1.807, 2.05) is 19.1 Å². The van der Waals surface area contributed by atoms with Crippen molar-refractivity contribution in [2.45, 2.75) is 23.1 Å². The number of likely N-dealkylation sites (tertiary alicyclic amines) is 1. The summed E-state index contributed by atoms with van der Waals surface area (Å²) in [4.78, 5) is 66.3. The number of hydrogen-bond acceptors (Lipinski definition) is 8. The average Bonchev–Trinajstić information content (AvgIpc) is 3.35. The van der Waals surface area contributed by atoms with Gasteiger partial charge in [0.15, 0.2) is 6.61 Å². The van der Waals surface area contributed by atoms with Gasteiger partial charge in [0.25, 0.3) is 5.91 Å². The molecule has 196 valence electrons. The number of para-hydroxylation sites is 1. The van der Waals surface area contributed by atoms with Crippen LogP contribution < -0.4 is 14.9 Å². The van der Waals surface area contributed by atoms with Gasteiger partial charge in [0.1, 0.15) is 17.5 Å². The van der Waals surface area contributed by atoms with Crippen molar-refractivity contribution in [2.75, 3.05) is 18.5 Å². The van der Waals surface area contributed by atoms with Gasteiger partial charge in [-0.1, -0.05) is 52.9 Å². The summed E-state index contributed by atoms with van der Waals surface area (Å²) in [7, 11) is 0. The molecule has 1 saturated heterocycles. The third-order valence-corrected chi connectivity index (χ3v) is 8.93. The number of aromatic nitrogens is 1. The maximum atomic E-state index is 13.4. The molecule has 13 heteroatoms. The van der Waals surface area contributed by atoms with E-state index >= 15 is 0 Å². The lowest BCUT2D eigenvalue weighted by atomic mass is 9.82. The SMILES string of the molecule is Cc1ccccc1NC(=O)COc1ccc(Cl)cc1[C@@H]1c2sc(=O)[nH]c2S[C@@H]2C(=O)N(CC(=O)O)C(=O)[C@H]12. The highest BCUT2D eigenvalue weighted by Gasteiger charge is 2.56. The van der Waals surface area contributed by atoms with E-state index in [1.54, 1.807) is 30.3 Å². The Kier molecular flexibility index (Phi) is 7.03. The molecule has 38 heavy (non-hydrogen) atoms. The van der Waals surface area contributed by atoms with Crippen molar-refractivity contribution in [1.29, 1.82) is 0 Å². The van der Waals surface area contributed by atoms with E-state index in [0.717, 1.165) is 33.6 Å². The number of carboxylic acid groups (broad SMARTS) is 1. The number of imide groups is 1. The zero-order valence-corrected chi connectivity index (χ0v) is 22.1. The highest BCUT2D eigenvalue weighted by atomic mass is 35.5. The summed E-state index contributed by atoms with van der Waals surface area (Å²) in [6.07, 6.45) is 0. The molecule has 0 saturated carbocycles. The zero-order valence-electron chi connectivity index (χ0n) is 19.7. The summed E-state index contributed by atoms with van der Waals surface area (Å²) < 4.78 is 5.88. The van der Waals surface area contributed by atoms with Crippen molar-refractivity contribution >= 4 is 64.1 Å². The van der Waals surface area contributed by atoms with Gasteiger partial charge in [0.2, 0.25) is 11.8 Å². The van der Waals surface area contributed by atoms with Crippen molar-refractivity contribution in [3.63, 3.8) is 0 Å². The number of benzene rings is 2. The predicted molar refractivity (Wildman–Crippen MR) is 141 cm³/mol. The fraction of sp³-hybridized carbons (Fsp3) is 0.240. The van der Waals surface area contributed by atoms with Crippen LogP contribution in [0.1, 0.15) is 21.9 Å². The molecule has 1 fully saturated rings. The molecule has 2 aliphatic rings. The Morgan fingerprint density at radius 1 is 1.16 bits per heavy atom. The number of nitrogens with zero attached hydrogens (tertiary/aromatic N) is 1. The summed E-state index contributed by atoms with van der Waals surface area (Å²) >= 11 is 8.24. The summed E-state index contributed by atoms with van der Waals surface area (Å²) in [6.45, 7) is 0.742. The number of aromatic amines is 1. The number of halogens is 1. The number of aryl methyl sites for hydroxylation is 1. The molecule has 3 heterocycles. The number of thioether (sulfide) groups is 1. The molecule has 0 aliphatic carbocycles. The lowest BCUT2D eigenvalue weighted by Crippen LogP contribution is -2.36. The molecule has 0 radical (unpaired) electrons. The summed E-state index contributed by atoms with van der Waals surface area (Å²) in [5, 5.41) is 11.8. The number of hydrogen-bond donors (Lipinski definition) is 3. The average molecular weight is 574 g/mol. The van der Waals surface area contributed by atoms with Gasteiger partial charge in [0.05, 0.1) is 10.9 Å². The van der Waals surface area contributed by atoms with Crippen molar-refractivity contribution in [3.8, 4) is 5.75 Å². The van der Waals surface area contributed by atoms with E-state index in [1.165, 1.54) is 0 Å². The molecule has 2 aliphatic heterocycles. The van der Waals surface area contributed by atoms with Crippen LogP contribution in [0.15, 0.2) is 52.3 Å². The monoisotopic (exact) mass is 573 g/mol. The standard InChI is InChI=1S/C25H20ClN3O7S2/c1-11-4-2-3-5-14(11)27-16(30)10-36-15-7-6-12(26)8-13(15)18-19-21(37-22-20(18)38-25(35)28-22)24(34)29(23(19)33)9-17(31)32/h2-8,18-19,21H,9-10H2,1H3,(H,27,30)(H,28,35)(H,31,32)/t18-,19+,21-/m0/s1. The van der Waals surface area contributed by atoms with Crippen LogP contribution in [0.2, 0.25) is 5.02 Å². The second-order valence-electron chi connectivity index (χ2n) is 8.74. The summed E-state index contributed by atoms with van der Waals surface area (Å²) in [5.74, 6) is -4.61. The molecule has 0 unspecified atom stereocenters. The molecule has 5 rings (SSSR count). The molecule has 3 amide bonds. The number of carbonyl (C=O) groups excluding carboxylic acids is 3. The number of nitrogens with one attached hydrogen (secondary N) is 2. The van der Waals surface area contributed by atoms with Crippen LogP contribution >= 0.6 is 34.7 Å². The molecule has 3 N–H and O–H groups in total. The van der Waals surface area contributed by atoms with Gasteiger partial charge < -0.3 is 20.1 Å². The van der Waals surface area contributed by atoms with Crippen LogP contribution in [-0.4, -0.2) is 57.1 Å². The Morgan fingerprint density at radius 2 is 1.92 bits per heavy atom. The van der Waals surface area contributed by atoms with Gasteiger partial charge in [-0.15, -0.1) is 0 Å². The smallest absolute Gasteiger partial charge is 0.323 e. The number of fused-ring (bicyclic) bond motifs is 2. The minimum Gasteiger partial charge on any atom is -0.483 e. The lowest BCUT2D eigenvalue weighted by Gasteiger charge is -2.31. The highest BCUT2D eigenvalue weighted by Crippen LogP contribution is 2.54. The van der Waals surface area contributed by atoms with Gasteiger partial charge in [-0.25, -0.2) is 0 Å². The molecule has 0 spiro atoms. The maximum Gasteiger partial charge on any atom is 0.323 e. The molecular formula is C25H20ClN3O7S2. The quantitative estimate of drug-likeness (QED) is 0.366. The second kappa shape index (κ2) is 10.3. The molecule has 2 aromatic carbocycles. The largest absolute Gasteiger partial charge is 0.483 e. The van der Waals surface area contributed by atoms with Crippen LogP contribution in [0.4, 0.5) is 5.69 Å². The zero-order chi connectivity index (χ0) is 27.1. The Bertz CT molecular complexity index is 1540. The number of rotatable bonds is 7. The Morgan fingerprint density at radius 3 is 2.66 bits per heavy atom. The fourth-order valence-corrected chi connectivity index (χ4v) is 7.35. The third-order valence-electron chi connectivity index (χ3n) is 6.29. The molecule has 0 bridgehead atoms. The first kappa shape index (κ1) is 26.0. The van der Waals surface area contributed by atoms with E-state index in [9.17, 15) is 29.1 Å². The van der Waals surface area contributed by atoms with Gasteiger partial charge in [-0.2, -0.15) is 0 Å². The Balaban J connectivity index is 1.50. The first-order valence-corrected chi connectivity index (χ1v) is 13.5. The first-order chi connectivity index (χ1) is 18.1. The number of aliphatic carboxylic acids is 1. The Hall–Kier alpha value is -3.61. The molecule has 10 nitrogen and oxygen atoms in total. The molecule has 3 atom stereocenters. The third kappa shape index (κ3) is 4.82. The lowest BCUT2D eigenvalue weighted by molar-refractivity contribution is -0.149. The predicted octanol–water partition coefficient (Wildman–Crippen LogP) is 3.09. The number of H-pyrrole nitrogens is 1. The van der Waals surface area contributed by atoms with E-state index in [0.29, 0.717) is 26.2 Å². The number of amides is 3. The number of thiazole rings is 1. The first-order valence-electron chi connectivity index (χ1n) is 11.4. The van der Waals surface area contributed by atoms with Crippen LogP contribution in [0.25, 0.3) is 0 Å². The van der Waals surface area contributed by atoms with E-state index < -0.39 is 47.3 Å². The van der Waals surface area contributed by atoms with Crippen LogP contribution in [0, 0.1) is 12.8 Å². The number of carboxylic acids is 1. The van der Waals surface area contributed by atoms with Gasteiger partial charge in [-0.3, -0.25) is 28.9 Å². The molecular weight excluding hydrogens is 554 g/mol.